The molecule has 2 N–H and O–H groups in total. The Bertz CT molecular complexity index is 917. The van der Waals surface area contributed by atoms with Crippen molar-refractivity contribution in [1.82, 2.24) is 10.2 Å². The fraction of sp³-hybridized carbons (Fsp3) is 0.375. The van der Waals surface area contributed by atoms with Crippen molar-refractivity contribution in [2.75, 3.05) is 25.6 Å². The van der Waals surface area contributed by atoms with Gasteiger partial charge in [-0.2, -0.15) is 0 Å². The summed E-state index contributed by atoms with van der Waals surface area (Å²) in [5.74, 6) is -0.369. The first-order valence-electron chi connectivity index (χ1n) is 10.7. The first-order valence-corrected chi connectivity index (χ1v) is 10.7. The number of carbonyl (C=O) groups excluding carboxylic acids is 3. The summed E-state index contributed by atoms with van der Waals surface area (Å²) in [7, 11) is 1.56. The molecule has 0 aliphatic carbocycles. The predicted octanol–water partition coefficient (Wildman–Crippen LogP) is 3.25. The van der Waals surface area contributed by atoms with Gasteiger partial charge in [-0.15, -0.1) is 0 Å². The van der Waals surface area contributed by atoms with E-state index in [0.717, 1.165) is 12.0 Å². The molecule has 0 aromatic heterocycles. The van der Waals surface area contributed by atoms with Crippen LogP contribution >= 0.6 is 0 Å². The first-order chi connectivity index (χ1) is 15.5. The van der Waals surface area contributed by atoms with E-state index < -0.39 is 18.2 Å². The lowest BCUT2D eigenvalue weighted by Crippen LogP contribution is -2.46. The van der Waals surface area contributed by atoms with Gasteiger partial charge in [0.05, 0.1) is 13.2 Å². The number of nitrogens with zero attached hydrogens (tertiary/aromatic N) is 1. The van der Waals surface area contributed by atoms with Gasteiger partial charge in [-0.25, -0.2) is 4.79 Å². The fourth-order valence-electron chi connectivity index (χ4n) is 3.58. The number of hydrogen-bond donors (Lipinski definition) is 2. The van der Waals surface area contributed by atoms with E-state index in [-0.39, 0.29) is 18.4 Å². The van der Waals surface area contributed by atoms with Gasteiger partial charge in [0.2, 0.25) is 11.8 Å². The number of rotatable bonds is 10. The summed E-state index contributed by atoms with van der Waals surface area (Å²) < 4.78 is 10.7. The number of hydrogen-bond acceptors (Lipinski definition) is 5. The molecule has 1 aliphatic rings. The zero-order valence-electron chi connectivity index (χ0n) is 18.4. The Balaban J connectivity index is 1.81. The van der Waals surface area contributed by atoms with Gasteiger partial charge in [-0.3, -0.25) is 14.5 Å². The van der Waals surface area contributed by atoms with Crippen LogP contribution in [0.25, 0.3) is 0 Å². The van der Waals surface area contributed by atoms with Crippen molar-refractivity contribution in [3.05, 3.63) is 65.7 Å². The summed E-state index contributed by atoms with van der Waals surface area (Å²) in [5, 5.41) is 5.65. The smallest absolute Gasteiger partial charge is 0.411 e. The number of methoxy groups -OCH3 is 1. The van der Waals surface area contributed by atoms with Crippen molar-refractivity contribution in [2.24, 2.45) is 0 Å². The molecule has 3 rings (SSSR count). The number of carbonyl (C=O) groups is 3. The molecular weight excluding hydrogens is 410 g/mol. The Morgan fingerprint density at radius 1 is 1.09 bits per heavy atom. The van der Waals surface area contributed by atoms with Crippen molar-refractivity contribution in [1.29, 1.82) is 0 Å². The van der Waals surface area contributed by atoms with E-state index in [1.807, 2.05) is 37.3 Å². The topological polar surface area (TPSA) is 97.0 Å². The molecule has 1 aliphatic heterocycles. The maximum Gasteiger partial charge on any atom is 0.411 e. The summed E-state index contributed by atoms with van der Waals surface area (Å²) in [5.41, 5.74) is 2.22. The zero-order valence-corrected chi connectivity index (χ0v) is 18.4. The number of ether oxygens (including phenoxy) is 2. The monoisotopic (exact) mass is 439 g/mol. The SMILES string of the molecule is CCCC(=O)Nc1ccc(C2OC(=O)N(Cc3ccccc3)C2C(=O)NCCOC)cc1. The van der Waals surface area contributed by atoms with Gasteiger partial charge in [0.1, 0.15) is 0 Å². The van der Waals surface area contributed by atoms with Crippen LogP contribution in [0.2, 0.25) is 0 Å². The highest BCUT2D eigenvalue weighted by molar-refractivity contribution is 5.91. The minimum atomic E-state index is -0.833. The van der Waals surface area contributed by atoms with Crippen LogP contribution in [0.4, 0.5) is 10.5 Å². The maximum atomic E-state index is 13.0. The molecule has 0 spiro atoms. The third kappa shape index (κ3) is 5.85. The number of anilines is 1. The maximum absolute atomic E-state index is 13.0. The number of amides is 3. The van der Waals surface area contributed by atoms with Gasteiger partial charge < -0.3 is 20.1 Å². The van der Waals surface area contributed by atoms with Crippen LogP contribution in [0.1, 0.15) is 37.0 Å². The molecule has 2 aromatic carbocycles. The predicted molar refractivity (Wildman–Crippen MR) is 120 cm³/mol. The second-order valence-corrected chi connectivity index (χ2v) is 7.57. The molecule has 32 heavy (non-hydrogen) atoms. The van der Waals surface area contributed by atoms with E-state index in [0.29, 0.717) is 30.8 Å². The number of cyclic esters (lactones) is 1. The van der Waals surface area contributed by atoms with Crippen molar-refractivity contribution in [3.8, 4) is 0 Å². The molecule has 2 aromatic rings. The highest BCUT2D eigenvalue weighted by atomic mass is 16.6. The Labute approximate surface area is 187 Å². The summed E-state index contributed by atoms with van der Waals surface area (Å²) in [6.45, 7) is 2.89. The van der Waals surface area contributed by atoms with Gasteiger partial charge >= 0.3 is 6.09 Å². The molecule has 2 unspecified atom stereocenters. The minimum Gasteiger partial charge on any atom is -0.438 e. The molecule has 3 amide bonds. The average Bonchev–Trinajstić information content (AvgIpc) is 3.11. The molecule has 2 atom stereocenters. The molecular formula is C24H29N3O5. The largest absolute Gasteiger partial charge is 0.438 e. The summed E-state index contributed by atoms with van der Waals surface area (Å²) >= 11 is 0. The van der Waals surface area contributed by atoms with Crippen LogP contribution in [-0.4, -0.2) is 49.1 Å². The number of benzene rings is 2. The fourth-order valence-corrected chi connectivity index (χ4v) is 3.58. The quantitative estimate of drug-likeness (QED) is 0.554. The molecule has 0 radical (unpaired) electrons. The second kappa shape index (κ2) is 11.3. The minimum absolute atomic E-state index is 0.0584. The van der Waals surface area contributed by atoms with Crippen LogP contribution < -0.4 is 10.6 Å². The third-order valence-electron chi connectivity index (χ3n) is 5.15. The summed E-state index contributed by atoms with van der Waals surface area (Å²) in [6.07, 6.45) is -0.112. The lowest BCUT2D eigenvalue weighted by Gasteiger charge is -2.24. The highest BCUT2D eigenvalue weighted by Gasteiger charge is 2.46. The van der Waals surface area contributed by atoms with Crippen LogP contribution in [0, 0.1) is 0 Å². The Hall–Kier alpha value is -3.39. The Kier molecular flexibility index (Phi) is 8.21. The van der Waals surface area contributed by atoms with Gasteiger partial charge in [0.25, 0.3) is 0 Å². The van der Waals surface area contributed by atoms with Crippen molar-refractivity contribution in [2.45, 2.75) is 38.5 Å². The van der Waals surface area contributed by atoms with Gasteiger partial charge in [-0.1, -0.05) is 49.4 Å². The second-order valence-electron chi connectivity index (χ2n) is 7.57. The van der Waals surface area contributed by atoms with Crippen molar-refractivity contribution in [3.63, 3.8) is 0 Å². The van der Waals surface area contributed by atoms with Crippen molar-refractivity contribution < 1.29 is 23.9 Å². The normalized spacial score (nSPS) is 17.7. The molecule has 1 heterocycles. The van der Waals surface area contributed by atoms with E-state index in [1.165, 1.54) is 4.90 Å². The molecule has 0 saturated carbocycles. The third-order valence-corrected chi connectivity index (χ3v) is 5.15. The van der Waals surface area contributed by atoms with Gasteiger partial charge in [0.15, 0.2) is 12.1 Å². The standard InChI is InChI=1S/C24H29N3O5/c1-3-7-20(28)26-19-12-10-18(11-13-19)22-21(23(29)25-14-15-31-2)27(24(30)32-22)16-17-8-5-4-6-9-17/h4-6,8-13,21-22H,3,7,14-16H2,1-2H3,(H,25,29)(H,26,28). The molecule has 8 nitrogen and oxygen atoms in total. The summed E-state index contributed by atoms with van der Waals surface area (Å²) in [6, 6.07) is 15.6. The van der Waals surface area contributed by atoms with Crippen LogP contribution in [0.3, 0.4) is 0 Å². The van der Waals surface area contributed by atoms with Crippen LogP contribution in [0.5, 0.6) is 0 Å². The number of nitrogens with one attached hydrogen (secondary N) is 2. The molecule has 1 saturated heterocycles. The Morgan fingerprint density at radius 3 is 2.47 bits per heavy atom. The molecule has 1 fully saturated rings. The van der Waals surface area contributed by atoms with E-state index in [2.05, 4.69) is 10.6 Å². The van der Waals surface area contributed by atoms with Gasteiger partial charge in [0, 0.05) is 25.8 Å². The molecule has 8 heteroatoms. The zero-order chi connectivity index (χ0) is 22.9. The van der Waals surface area contributed by atoms with Crippen LogP contribution in [0.15, 0.2) is 54.6 Å². The lowest BCUT2D eigenvalue weighted by atomic mass is 10.00. The molecule has 170 valence electrons. The van der Waals surface area contributed by atoms with Crippen molar-refractivity contribution >= 4 is 23.6 Å². The van der Waals surface area contributed by atoms with Crippen LogP contribution in [-0.2, 0) is 25.6 Å². The average molecular weight is 440 g/mol. The molecule has 0 bridgehead atoms. The van der Waals surface area contributed by atoms with E-state index >= 15 is 0 Å². The van der Waals surface area contributed by atoms with Gasteiger partial charge in [-0.05, 0) is 29.7 Å². The first kappa shape index (κ1) is 23.3. The summed E-state index contributed by atoms with van der Waals surface area (Å²) in [4.78, 5) is 39.0. The highest BCUT2D eigenvalue weighted by Crippen LogP contribution is 2.34. The lowest BCUT2D eigenvalue weighted by molar-refractivity contribution is -0.126. The van der Waals surface area contributed by atoms with E-state index in [4.69, 9.17) is 9.47 Å². The van der Waals surface area contributed by atoms with E-state index in [9.17, 15) is 14.4 Å². The van der Waals surface area contributed by atoms with E-state index in [1.54, 1.807) is 31.4 Å². The Morgan fingerprint density at radius 2 is 1.81 bits per heavy atom.